The number of hydrogen-bond donors (Lipinski definition) is 0. The van der Waals surface area contributed by atoms with Gasteiger partial charge in [-0.2, -0.15) is 0 Å². The maximum Gasteiger partial charge on any atom is 0.211 e. The maximum atomic E-state index is 9.09. The summed E-state index contributed by atoms with van der Waals surface area (Å²) < 4.78 is 11.3. The van der Waals surface area contributed by atoms with Crippen LogP contribution in [-0.2, 0) is 21.7 Å². The van der Waals surface area contributed by atoms with Crippen LogP contribution in [0, 0.1) is 13.8 Å². The molecule has 0 aliphatic carbocycles. The largest absolute Gasteiger partial charge is 0.322 e. The Balaban J connectivity index is 0.000000471. The Morgan fingerprint density at radius 3 is 2.46 bits per heavy atom. The fraction of sp³-hybridized carbons (Fsp3) is 0.235. The Morgan fingerprint density at radius 2 is 1.79 bits per heavy atom. The van der Waals surface area contributed by atoms with Crippen molar-refractivity contribution < 1.29 is 4.21 Å². The summed E-state index contributed by atoms with van der Waals surface area (Å²) in [4.78, 5) is 4.61. The van der Waals surface area contributed by atoms with Crippen LogP contribution in [0.3, 0.4) is 0 Å². The van der Waals surface area contributed by atoms with E-state index in [1.54, 1.807) is 0 Å². The minimum atomic E-state index is -1.67. The first-order valence-electron chi connectivity index (χ1n) is 7.23. The van der Waals surface area contributed by atoms with E-state index < -0.39 is 9.23 Å². The highest BCUT2D eigenvalue weighted by Crippen LogP contribution is 2.21. The van der Waals surface area contributed by atoms with Gasteiger partial charge >= 0.3 is 0 Å². The third-order valence-electron chi connectivity index (χ3n) is 3.69. The van der Waals surface area contributed by atoms with Gasteiger partial charge in [-0.05, 0) is 37.1 Å². The Hall–Kier alpha value is -1.07. The second kappa shape index (κ2) is 8.86. The van der Waals surface area contributed by atoms with Crippen molar-refractivity contribution in [2.24, 2.45) is 0 Å². The van der Waals surface area contributed by atoms with Crippen molar-refractivity contribution in [1.82, 2.24) is 9.55 Å². The van der Waals surface area contributed by atoms with Gasteiger partial charge in [0.15, 0.2) is 0 Å². The lowest BCUT2D eigenvalue weighted by atomic mass is 10.1. The molecule has 128 valence electrons. The lowest BCUT2D eigenvalue weighted by molar-refractivity contribution is 0.698. The van der Waals surface area contributed by atoms with Crippen LogP contribution in [0.25, 0.3) is 11.0 Å². The second-order valence-corrected chi connectivity index (χ2v) is 8.14. The highest BCUT2D eigenvalue weighted by Gasteiger charge is 2.10. The fourth-order valence-corrected chi connectivity index (χ4v) is 2.75. The Bertz CT molecular complexity index is 860. The van der Waals surface area contributed by atoms with Gasteiger partial charge in [0.1, 0.15) is 5.82 Å². The Kier molecular flexibility index (Phi) is 7.11. The number of rotatable bonds is 3. The predicted molar refractivity (Wildman–Crippen MR) is 104 cm³/mol. The molecule has 0 saturated heterocycles. The average molecular weight is 404 g/mol. The van der Waals surface area contributed by atoms with E-state index in [4.69, 9.17) is 15.8 Å². The zero-order valence-corrected chi connectivity index (χ0v) is 16.4. The van der Waals surface area contributed by atoms with Crippen molar-refractivity contribution >= 4 is 53.2 Å². The standard InChI is InChI=1S/C17H17ClN2.Cl2OS/c1-12-7-8-13(2)14(9-12)11-20-16-6-4-3-5-15(16)19-17(20)10-18;1-4(2)3/h3-9H,10-11H2,1-2H3;. The summed E-state index contributed by atoms with van der Waals surface area (Å²) in [5.74, 6) is 1.35. The van der Waals surface area contributed by atoms with Gasteiger partial charge in [0.2, 0.25) is 9.23 Å². The van der Waals surface area contributed by atoms with Gasteiger partial charge < -0.3 is 4.57 Å². The lowest BCUT2D eigenvalue weighted by Crippen LogP contribution is -2.05. The SMILES string of the molecule is Cc1ccc(C)c(Cn2c(CCl)nc3ccccc32)c1.O=S(Cl)Cl. The van der Waals surface area contributed by atoms with Crippen LogP contribution in [0.5, 0.6) is 0 Å². The van der Waals surface area contributed by atoms with Crippen LogP contribution in [0.2, 0.25) is 0 Å². The molecule has 0 aliphatic rings. The monoisotopic (exact) mass is 402 g/mol. The van der Waals surface area contributed by atoms with Crippen LogP contribution < -0.4 is 0 Å². The van der Waals surface area contributed by atoms with Crippen molar-refractivity contribution in [2.45, 2.75) is 26.3 Å². The molecular weight excluding hydrogens is 387 g/mol. The third kappa shape index (κ3) is 4.96. The van der Waals surface area contributed by atoms with Crippen molar-refractivity contribution in [3.05, 3.63) is 65.0 Å². The number of benzene rings is 2. The number of imidazole rings is 1. The van der Waals surface area contributed by atoms with Gasteiger partial charge in [0.25, 0.3) is 0 Å². The number of fused-ring (bicyclic) bond motifs is 1. The third-order valence-corrected chi connectivity index (χ3v) is 3.93. The summed E-state index contributed by atoms with van der Waals surface area (Å²) in [7, 11) is 7.36. The highest BCUT2D eigenvalue weighted by molar-refractivity contribution is 8.26. The van der Waals surface area contributed by atoms with Crippen LogP contribution in [0.1, 0.15) is 22.5 Å². The average Bonchev–Trinajstić information content (AvgIpc) is 2.88. The molecule has 1 aromatic heterocycles. The quantitative estimate of drug-likeness (QED) is 0.428. The first-order valence-corrected chi connectivity index (χ1v) is 10.6. The molecule has 1 heterocycles. The smallest absolute Gasteiger partial charge is 0.211 e. The van der Waals surface area contributed by atoms with Crippen molar-refractivity contribution in [3.63, 3.8) is 0 Å². The molecular formula is C17H17Cl3N2OS. The van der Waals surface area contributed by atoms with E-state index in [9.17, 15) is 0 Å². The van der Waals surface area contributed by atoms with Crippen molar-refractivity contribution in [2.75, 3.05) is 0 Å². The summed E-state index contributed by atoms with van der Waals surface area (Å²) >= 11 is 6.06. The molecule has 3 rings (SSSR count). The summed E-state index contributed by atoms with van der Waals surface area (Å²) in [6.45, 7) is 5.09. The zero-order chi connectivity index (χ0) is 17.7. The zero-order valence-electron chi connectivity index (χ0n) is 13.3. The molecule has 3 nitrogen and oxygen atoms in total. The summed E-state index contributed by atoms with van der Waals surface area (Å²) in [5.41, 5.74) is 6.05. The molecule has 0 aliphatic heterocycles. The number of hydrogen-bond acceptors (Lipinski definition) is 2. The molecule has 0 N–H and O–H groups in total. The molecule has 0 atom stereocenters. The van der Waals surface area contributed by atoms with Gasteiger partial charge in [-0.3, -0.25) is 0 Å². The van der Waals surface area contributed by atoms with E-state index in [2.05, 4.69) is 69.0 Å². The van der Waals surface area contributed by atoms with E-state index in [0.717, 1.165) is 23.4 Å². The maximum absolute atomic E-state index is 9.09. The molecule has 2 aromatic carbocycles. The van der Waals surface area contributed by atoms with Crippen LogP contribution >= 0.6 is 33.0 Å². The van der Waals surface area contributed by atoms with E-state index in [1.807, 2.05) is 18.2 Å². The van der Waals surface area contributed by atoms with Crippen molar-refractivity contribution in [3.8, 4) is 0 Å². The van der Waals surface area contributed by atoms with E-state index in [1.165, 1.54) is 16.7 Å². The van der Waals surface area contributed by atoms with Gasteiger partial charge in [-0.15, -0.1) is 11.6 Å². The minimum absolute atomic E-state index is 0.430. The van der Waals surface area contributed by atoms with Crippen LogP contribution in [-0.4, -0.2) is 13.8 Å². The van der Waals surface area contributed by atoms with E-state index in [-0.39, 0.29) is 0 Å². The first kappa shape index (κ1) is 19.3. The molecule has 3 aromatic rings. The van der Waals surface area contributed by atoms with Gasteiger partial charge in [0.05, 0.1) is 16.9 Å². The van der Waals surface area contributed by atoms with E-state index in [0.29, 0.717) is 5.88 Å². The number of para-hydroxylation sites is 2. The molecule has 0 spiro atoms. The highest BCUT2D eigenvalue weighted by atomic mass is 36.0. The van der Waals surface area contributed by atoms with E-state index >= 15 is 0 Å². The summed E-state index contributed by atoms with van der Waals surface area (Å²) in [6.07, 6.45) is 0. The minimum Gasteiger partial charge on any atom is -0.322 e. The molecule has 0 unspecified atom stereocenters. The number of nitrogens with zero attached hydrogens (tertiary/aromatic N) is 2. The predicted octanol–water partition coefficient (Wildman–Crippen LogP) is 5.48. The number of aromatic nitrogens is 2. The molecule has 24 heavy (non-hydrogen) atoms. The van der Waals surface area contributed by atoms with Gasteiger partial charge in [-0.25, -0.2) is 9.19 Å². The van der Waals surface area contributed by atoms with Crippen LogP contribution in [0.15, 0.2) is 42.5 Å². The second-order valence-electron chi connectivity index (χ2n) is 5.35. The molecule has 7 heteroatoms. The van der Waals surface area contributed by atoms with Gasteiger partial charge in [0, 0.05) is 27.9 Å². The summed E-state index contributed by atoms with van der Waals surface area (Å²) in [5, 5.41) is 0. The normalized spacial score (nSPS) is 10.8. The van der Waals surface area contributed by atoms with Gasteiger partial charge in [-0.1, -0.05) is 35.9 Å². The van der Waals surface area contributed by atoms with Crippen LogP contribution in [0.4, 0.5) is 0 Å². The topological polar surface area (TPSA) is 34.9 Å². The molecule has 0 radical (unpaired) electrons. The first-order chi connectivity index (χ1) is 11.4. The number of aryl methyl sites for hydroxylation is 2. The Labute approximate surface area is 158 Å². The molecule has 0 fully saturated rings. The molecule has 0 bridgehead atoms. The number of alkyl halides is 1. The summed E-state index contributed by atoms with van der Waals surface area (Å²) in [6, 6.07) is 14.7. The fourth-order valence-electron chi connectivity index (χ4n) is 2.54. The Morgan fingerprint density at radius 1 is 1.12 bits per heavy atom. The molecule has 0 amide bonds. The molecule has 0 saturated carbocycles. The number of halogens is 3. The van der Waals surface area contributed by atoms with Crippen molar-refractivity contribution in [1.29, 1.82) is 0 Å². The lowest BCUT2D eigenvalue weighted by Gasteiger charge is -2.11.